The Morgan fingerprint density at radius 3 is 1.78 bits per heavy atom. The molecule has 2 amide bonds. The van der Waals surface area contributed by atoms with Crippen molar-refractivity contribution >= 4 is 94.3 Å². The molecule has 0 saturated heterocycles. The first-order chi connectivity index (χ1) is 29.5. The second-order valence-electron chi connectivity index (χ2n) is 13.7. The molecule has 0 bridgehead atoms. The summed E-state index contributed by atoms with van der Waals surface area (Å²) in [5, 5.41) is 16.1. The van der Waals surface area contributed by atoms with E-state index in [9.17, 15) is 41.1 Å². The first-order valence-corrected chi connectivity index (χ1v) is 23.3. The van der Waals surface area contributed by atoms with E-state index in [2.05, 4.69) is 28.1 Å². The molecule has 0 spiro atoms. The maximum absolute atomic E-state index is 13.1. The normalized spacial score (nSPS) is 11.7. The molecule has 2 aromatic heterocycles. The van der Waals surface area contributed by atoms with Crippen LogP contribution in [0.15, 0.2) is 119 Å². The van der Waals surface area contributed by atoms with E-state index in [1.165, 1.54) is 44.3 Å². The second kappa shape index (κ2) is 27.0. The molecule has 6 rings (SSSR count). The Morgan fingerprint density at radius 2 is 1.28 bits per heavy atom. The van der Waals surface area contributed by atoms with Crippen LogP contribution in [0.2, 0.25) is 6.82 Å². The van der Waals surface area contributed by atoms with E-state index in [0.717, 1.165) is 31.6 Å². The van der Waals surface area contributed by atoms with E-state index in [1.54, 1.807) is 62.3 Å². The number of aliphatic carboxylic acids is 1. The summed E-state index contributed by atoms with van der Waals surface area (Å²) in [6.07, 6.45) is 3.66. The number of benzene rings is 4. The van der Waals surface area contributed by atoms with Crippen LogP contribution in [0.25, 0.3) is 21.8 Å². The van der Waals surface area contributed by atoms with Crippen LogP contribution >= 0.6 is 23.2 Å². The van der Waals surface area contributed by atoms with Gasteiger partial charge in [-0.15, -0.1) is 0 Å². The van der Waals surface area contributed by atoms with Gasteiger partial charge in [0.15, 0.2) is 6.52 Å². The number of nitrogens with one attached hydrogen (secondary N) is 3. The van der Waals surface area contributed by atoms with Crippen LogP contribution in [0.1, 0.15) is 43.0 Å². The number of fused-ring (bicyclic) bond motifs is 2. The predicted molar refractivity (Wildman–Crippen MR) is 249 cm³/mol. The van der Waals surface area contributed by atoms with Crippen molar-refractivity contribution in [2.45, 2.75) is 76.2 Å². The van der Waals surface area contributed by atoms with E-state index in [4.69, 9.17) is 16.8 Å². The molecule has 2 unspecified atom stereocenters. The third-order valence-electron chi connectivity index (χ3n) is 8.79. The Labute approximate surface area is 407 Å². The van der Waals surface area contributed by atoms with Crippen molar-refractivity contribution in [3.8, 4) is 0 Å². The number of nitrogens with zero attached hydrogens (tertiary/aromatic N) is 1. The van der Waals surface area contributed by atoms with Crippen molar-refractivity contribution in [3.05, 3.63) is 132 Å². The Bertz CT molecular complexity index is 2740. The predicted octanol–water partition coefficient (Wildman–Crippen LogP) is 3.16. The fourth-order valence-electron chi connectivity index (χ4n) is 5.97. The number of rotatable bonds is 12. The fraction of sp³-hybridized carbons (Fsp3) is 0.256. The summed E-state index contributed by atoms with van der Waals surface area (Å²) in [6.45, 7) is 9.89. The first-order valence-electron chi connectivity index (χ1n) is 19.6. The van der Waals surface area contributed by atoms with Gasteiger partial charge in [-0.2, -0.15) is 0 Å². The molecule has 21 heteroatoms. The number of carboxylic acids is 1. The van der Waals surface area contributed by atoms with Crippen LogP contribution in [0.3, 0.4) is 0 Å². The van der Waals surface area contributed by atoms with Crippen LogP contribution in [-0.4, -0.2) is 86.7 Å². The third kappa shape index (κ3) is 17.1. The van der Waals surface area contributed by atoms with Crippen molar-refractivity contribution in [2.75, 3.05) is 6.61 Å². The molecule has 4 aromatic carbocycles. The number of amides is 2. The number of aromatic nitrogens is 2. The molecule has 0 aliphatic carbocycles. The number of ether oxygens (including phenoxy) is 1. The number of H-pyrrole nitrogens is 1. The van der Waals surface area contributed by atoms with Crippen molar-refractivity contribution in [3.63, 3.8) is 0 Å². The summed E-state index contributed by atoms with van der Waals surface area (Å²) < 4.78 is 60.3. The zero-order valence-corrected chi connectivity index (χ0v) is 41.7. The SMILES string of the molecule is CC(=O)NC(Cc1cn(S(=O)(=O)c2ccc(C)cc2)c2ccccc12)C(=O)O.CCOC(=O)C(Cc1c[nH]c2ccccc12)NC(C)=O.Cc1ccc(S(=O)(=O)Cl)cc1.[3H]B(C)S.[Na+].[OH-]. The van der Waals surface area contributed by atoms with Gasteiger partial charge >= 0.3 is 41.5 Å². The van der Waals surface area contributed by atoms with Gasteiger partial charge in [0.05, 0.1) is 21.9 Å². The Kier molecular flexibility index (Phi) is 23.4. The van der Waals surface area contributed by atoms with Gasteiger partial charge in [-0.25, -0.2) is 42.9 Å². The van der Waals surface area contributed by atoms with Crippen LogP contribution in [0.4, 0.5) is 0 Å². The number of carboxylic acid groups (broad SMARTS) is 1. The van der Waals surface area contributed by atoms with Crippen LogP contribution in [-0.2, 0) is 55.8 Å². The van der Waals surface area contributed by atoms with E-state index >= 15 is 0 Å². The number of carbonyl (C=O) groups is 4. The molecule has 15 nitrogen and oxygen atoms in total. The molecule has 0 radical (unpaired) electrons. The van der Waals surface area contributed by atoms with Crippen LogP contribution in [0, 0.1) is 13.8 Å². The molecule has 64 heavy (non-hydrogen) atoms. The van der Waals surface area contributed by atoms with Gasteiger partial charge in [0.25, 0.3) is 19.1 Å². The van der Waals surface area contributed by atoms with Crippen molar-refractivity contribution in [2.24, 2.45) is 0 Å². The number of esters is 1. The van der Waals surface area contributed by atoms with E-state index in [-0.39, 0.29) is 63.7 Å². The summed E-state index contributed by atoms with van der Waals surface area (Å²) >= 11 is 3.63. The number of hydrogen-bond acceptors (Lipinski definition) is 11. The van der Waals surface area contributed by atoms with E-state index < -0.39 is 49.0 Å². The van der Waals surface area contributed by atoms with Gasteiger partial charge in [0.1, 0.15) is 12.1 Å². The quantitative estimate of drug-likeness (QED) is 0.0517. The minimum absolute atomic E-state index is 0. The largest absolute Gasteiger partial charge is 1.00 e. The summed E-state index contributed by atoms with van der Waals surface area (Å²) in [7, 11) is -2.32. The first kappa shape index (κ1) is 55.5. The van der Waals surface area contributed by atoms with Gasteiger partial charge in [0.2, 0.25) is 11.8 Å². The minimum Gasteiger partial charge on any atom is -0.870 e. The number of halogens is 1. The number of hydrogen-bond donors (Lipinski definition) is 5. The van der Waals surface area contributed by atoms with Crippen molar-refractivity contribution in [1.29, 1.82) is 1.34 Å². The zero-order valence-electron chi connectivity index (χ0n) is 37.4. The number of thiol groups is 1. The zero-order chi connectivity index (χ0) is 47.1. The van der Waals surface area contributed by atoms with Gasteiger partial charge in [-0.05, 0) is 69.6 Å². The number of aromatic amines is 1. The molecular weight excluding hydrogens is 914 g/mol. The molecule has 6 aromatic rings. The number of aryl methyl sites for hydroxylation is 2. The summed E-state index contributed by atoms with van der Waals surface area (Å²) in [5.41, 5.74) is 4.91. The molecule has 0 saturated carbocycles. The molecule has 0 aliphatic heterocycles. The molecule has 5 N–H and O–H groups in total. The van der Waals surface area contributed by atoms with Gasteiger partial charge in [0, 0.05) is 66.1 Å². The summed E-state index contributed by atoms with van der Waals surface area (Å²) in [5.74, 6) is -2.31. The van der Waals surface area contributed by atoms with Crippen molar-refractivity contribution < 1.29 is 80.9 Å². The summed E-state index contributed by atoms with van der Waals surface area (Å²) in [4.78, 5) is 49.4. The third-order valence-corrected chi connectivity index (χ3v) is 11.8. The summed E-state index contributed by atoms with van der Waals surface area (Å²) in [6, 6.07) is 25.8. The maximum Gasteiger partial charge on any atom is 1.00 e. The second-order valence-corrected chi connectivity index (χ2v) is 18.6. The Balaban J connectivity index is 0.000000497. The molecule has 2 atom stereocenters. The van der Waals surface area contributed by atoms with E-state index in [1.807, 2.05) is 44.3 Å². The topological polar surface area (TPSA) is 241 Å². The average Bonchev–Trinajstić information content (AvgIpc) is 3.79. The molecule has 0 aliphatic rings. The molecular formula is C43H51BClN4NaO11S3. The fourth-order valence-corrected chi connectivity index (χ4v) is 8.13. The number of carbonyl (C=O) groups excluding carboxylic acids is 3. The average molecular weight is 967 g/mol. The van der Waals surface area contributed by atoms with E-state index in [0.29, 0.717) is 29.5 Å². The molecule has 2 heterocycles. The van der Waals surface area contributed by atoms with Crippen molar-refractivity contribution in [1.82, 2.24) is 19.6 Å². The smallest absolute Gasteiger partial charge is 0.870 e. The molecule has 338 valence electrons. The standard InChI is InChI=1S/C20H20N2O5S.C15H18N2O3.C7H7ClO2S.CH5BS.Na.H2O/c1-13-7-9-16(10-8-13)28(26,27)22-12-15(17-5-3-4-6-19(17)22)11-18(20(24)25)21-14(2)23;1-3-20-15(19)14(17-10(2)18)8-11-9-16-13-7-5-4-6-12(11)13;1-6-2-4-7(5-3-6)11(8,9)10;1-2-3;;/h3-10,12,18H,11H2,1-2H3,(H,21,23)(H,24,25);4-7,9,14,16H,3,8H2,1-2H3,(H,17,18);2-5H,1H3;2-3H,1H3;;1H2/q;;;;+1;/p-1/i;;;2T;;. The minimum atomic E-state index is -3.86. The Morgan fingerprint density at radius 1 is 0.812 bits per heavy atom. The maximum atomic E-state index is 13.1. The van der Waals surface area contributed by atoms with Crippen LogP contribution in [0.5, 0.6) is 0 Å². The van der Waals surface area contributed by atoms with Gasteiger partial charge in [-0.3, -0.25) is 9.59 Å². The van der Waals surface area contributed by atoms with Crippen LogP contribution < -0.4 is 40.2 Å². The van der Waals surface area contributed by atoms with Gasteiger partial charge in [-0.1, -0.05) is 78.6 Å². The van der Waals surface area contributed by atoms with Gasteiger partial charge < -0.3 is 30.9 Å². The number of para-hydroxylation sites is 2. The Hall–Kier alpha value is -4.60. The molecule has 0 fully saturated rings. The monoisotopic (exact) mass is 966 g/mol.